The minimum Gasteiger partial charge on any atom is -0.369 e. The van der Waals surface area contributed by atoms with Gasteiger partial charge in [0.1, 0.15) is 0 Å². The van der Waals surface area contributed by atoms with Crippen LogP contribution in [-0.4, -0.2) is 37.9 Å². The average molecular weight is 336 g/mol. The van der Waals surface area contributed by atoms with Gasteiger partial charge in [0.2, 0.25) is 5.91 Å². The number of carbonyl (C=O) groups is 1. The van der Waals surface area contributed by atoms with Gasteiger partial charge in [-0.05, 0) is 30.9 Å². The number of allylic oxidation sites excluding steroid dienone is 1. The van der Waals surface area contributed by atoms with Crippen LogP contribution in [0.2, 0.25) is 0 Å². The van der Waals surface area contributed by atoms with Crippen LogP contribution in [0.15, 0.2) is 41.3 Å². The summed E-state index contributed by atoms with van der Waals surface area (Å²) in [7, 11) is -3.59. The molecule has 23 heavy (non-hydrogen) atoms. The van der Waals surface area contributed by atoms with Gasteiger partial charge < -0.3 is 4.90 Å². The van der Waals surface area contributed by atoms with Gasteiger partial charge in [-0.15, -0.1) is 0 Å². The number of para-hydroxylation sites is 1. The Balaban J connectivity index is 1.94. The van der Waals surface area contributed by atoms with Gasteiger partial charge in [-0.25, -0.2) is 13.9 Å². The van der Waals surface area contributed by atoms with Crippen LogP contribution in [0.5, 0.6) is 0 Å². The normalized spacial score (nSPS) is 25.2. The van der Waals surface area contributed by atoms with E-state index < -0.39 is 21.0 Å². The third kappa shape index (κ3) is 3.11. The van der Waals surface area contributed by atoms with Crippen molar-refractivity contribution in [1.82, 2.24) is 5.48 Å². The van der Waals surface area contributed by atoms with E-state index in [1.54, 1.807) is 12.1 Å². The number of fused-ring (bicyclic) bond motifs is 1. The number of benzene rings is 1. The van der Waals surface area contributed by atoms with Crippen LogP contribution in [0.3, 0.4) is 0 Å². The smallest absolute Gasteiger partial charge is 0.244 e. The van der Waals surface area contributed by atoms with E-state index in [0.29, 0.717) is 11.6 Å². The lowest BCUT2D eigenvalue weighted by Gasteiger charge is -2.36. The van der Waals surface area contributed by atoms with Crippen molar-refractivity contribution >= 4 is 21.4 Å². The van der Waals surface area contributed by atoms with Crippen molar-refractivity contribution in [3.05, 3.63) is 36.4 Å². The number of sulfone groups is 1. The number of anilines is 1. The van der Waals surface area contributed by atoms with E-state index >= 15 is 0 Å². The Hall–Kier alpha value is -1.86. The number of nitrogens with zero attached hydrogens (tertiary/aromatic N) is 1. The first-order valence-electron chi connectivity index (χ1n) is 7.70. The molecule has 6 nitrogen and oxygen atoms in total. The number of hydrogen-bond donors (Lipinski definition) is 2. The van der Waals surface area contributed by atoms with Crippen LogP contribution in [0, 0.1) is 5.92 Å². The lowest BCUT2D eigenvalue weighted by molar-refractivity contribution is -0.129. The van der Waals surface area contributed by atoms with E-state index in [1.165, 1.54) is 5.48 Å². The molecule has 2 aliphatic rings. The Morgan fingerprint density at radius 1 is 1.35 bits per heavy atom. The molecule has 1 heterocycles. The summed E-state index contributed by atoms with van der Waals surface area (Å²) in [5.41, 5.74) is 2.23. The molecule has 1 aliphatic carbocycles. The second-order valence-electron chi connectivity index (χ2n) is 6.04. The zero-order valence-electron chi connectivity index (χ0n) is 12.7. The molecule has 0 radical (unpaired) electrons. The van der Waals surface area contributed by atoms with Gasteiger partial charge in [0.05, 0.1) is 15.8 Å². The molecule has 124 valence electrons. The SMILES string of the molecule is O=C(CC1CN(CC2C=CCC2)c2ccccc2S1(=O)=O)NO. The van der Waals surface area contributed by atoms with Crippen LogP contribution in [0.4, 0.5) is 5.69 Å². The van der Waals surface area contributed by atoms with E-state index in [4.69, 9.17) is 5.21 Å². The zero-order valence-corrected chi connectivity index (χ0v) is 13.5. The molecule has 1 aliphatic heterocycles. The fourth-order valence-corrected chi connectivity index (χ4v) is 5.17. The highest BCUT2D eigenvalue weighted by Crippen LogP contribution is 2.36. The number of amides is 1. The quantitative estimate of drug-likeness (QED) is 0.494. The first-order chi connectivity index (χ1) is 11.0. The van der Waals surface area contributed by atoms with Crippen LogP contribution in [0.25, 0.3) is 0 Å². The molecule has 2 N–H and O–H groups in total. The van der Waals surface area contributed by atoms with Crippen molar-refractivity contribution in [3.8, 4) is 0 Å². The molecular formula is C16H20N2O4S. The molecule has 1 amide bonds. The molecule has 0 fully saturated rings. The summed E-state index contributed by atoms with van der Waals surface area (Å²) in [6.45, 7) is 0.997. The van der Waals surface area contributed by atoms with Gasteiger partial charge in [0, 0.05) is 19.5 Å². The van der Waals surface area contributed by atoms with Crippen molar-refractivity contribution in [2.45, 2.75) is 29.4 Å². The molecule has 0 spiro atoms. The number of rotatable bonds is 4. The third-order valence-electron chi connectivity index (χ3n) is 4.48. The second kappa shape index (κ2) is 6.33. The monoisotopic (exact) mass is 336 g/mol. The molecule has 0 saturated heterocycles. The van der Waals surface area contributed by atoms with E-state index in [9.17, 15) is 13.2 Å². The first-order valence-corrected chi connectivity index (χ1v) is 9.24. The van der Waals surface area contributed by atoms with Gasteiger partial charge in [0.25, 0.3) is 0 Å². The number of carbonyl (C=O) groups excluding carboxylic acids is 1. The summed E-state index contributed by atoms with van der Waals surface area (Å²) in [5, 5.41) is 7.86. The summed E-state index contributed by atoms with van der Waals surface area (Å²) >= 11 is 0. The maximum atomic E-state index is 12.7. The molecule has 1 aromatic rings. The Labute approximate surface area is 135 Å². The number of nitrogens with one attached hydrogen (secondary N) is 1. The van der Waals surface area contributed by atoms with Gasteiger partial charge in [-0.2, -0.15) is 0 Å². The Morgan fingerprint density at radius 3 is 2.83 bits per heavy atom. The van der Waals surface area contributed by atoms with Gasteiger partial charge in [-0.1, -0.05) is 24.3 Å². The van der Waals surface area contributed by atoms with Crippen LogP contribution < -0.4 is 10.4 Å². The highest BCUT2D eigenvalue weighted by atomic mass is 32.2. The first kappa shape index (κ1) is 16.0. The molecule has 0 bridgehead atoms. The van der Waals surface area contributed by atoms with Crippen molar-refractivity contribution in [2.24, 2.45) is 5.92 Å². The van der Waals surface area contributed by atoms with E-state index in [1.807, 2.05) is 17.0 Å². The molecule has 3 rings (SSSR count). The molecule has 2 unspecified atom stereocenters. The molecule has 0 saturated carbocycles. The average Bonchev–Trinajstić information content (AvgIpc) is 3.05. The summed E-state index contributed by atoms with van der Waals surface area (Å²) < 4.78 is 25.5. The van der Waals surface area contributed by atoms with E-state index in [-0.39, 0.29) is 17.9 Å². The molecular weight excluding hydrogens is 316 g/mol. The van der Waals surface area contributed by atoms with Crippen molar-refractivity contribution in [3.63, 3.8) is 0 Å². The highest BCUT2D eigenvalue weighted by molar-refractivity contribution is 7.92. The third-order valence-corrected chi connectivity index (χ3v) is 6.63. The molecule has 7 heteroatoms. The number of hydrogen-bond acceptors (Lipinski definition) is 5. The molecule has 2 atom stereocenters. The van der Waals surface area contributed by atoms with Crippen molar-refractivity contribution in [2.75, 3.05) is 18.0 Å². The predicted octanol–water partition coefficient (Wildman–Crippen LogP) is 1.51. The summed E-state index contributed by atoms with van der Waals surface area (Å²) in [4.78, 5) is 13.8. The van der Waals surface area contributed by atoms with Crippen molar-refractivity contribution < 1.29 is 18.4 Å². The summed E-state index contributed by atoms with van der Waals surface area (Å²) in [6, 6.07) is 6.92. The predicted molar refractivity (Wildman–Crippen MR) is 86.0 cm³/mol. The number of hydroxylamine groups is 1. The molecule has 1 aromatic carbocycles. The fourth-order valence-electron chi connectivity index (χ4n) is 3.31. The van der Waals surface area contributed by atoms with E-state index in [0.717, 1.165) is 19.4 Å². The Bertz CT molecular complexity index is 729. The maximum absolute atomic E-state index is 12.7. The van der Waals surface area contributed by atoms with Gasteiger partial charge in [-0.3, -0.25) is 10.0 Å². The Kier molecular flexibility index (Phi) is 4.41. The van der Waals surface area contributed by atoms with Crippen LogP contribution in [0.1, 0.15) is 19.3 Å². The minimum atomic E-state index is -3.59. The van der Waals surface area contributed by atoms with Crippen LogP contribution in [-0.2, 0) is 14.6 Å². The zero-order chi connectivity index (χ0) is 16.4. The largest absolute Gasteiger partial charge is 0.369 e. The van der Waals surface area contributed by atoms with Gasteiger partial charge in [0.15, 0.2) is 9.84 Å². The van der Waals surface area contributed by atoms with Gasteiger partial charge >= 0.3 is 0 Å². The highest BCUT2D eigenvalue weighted by Gasteiger charge is 2.38. The topological polar surface area (TPSA) is 86.7 Å². The maximum Gasteiger partial charge on any atom is 0.244 e. The molecule has 0 aromatic heterocycles. The standard InChI is InChI=1S/C16H20N2O4S/c19-16(17-20)9-13-11-18(10-12-5-1-2-6-12)14-7-3-4-8-15(14)23(13,21)22/h1,3-5,7-8,12-13,20H,2,6,9-11H2,(H,17,19). The van der Waals surface area contributed by atoms with Crippen molar-refractivity contribution in [1.29, 1.82) is 0 Å². The second-order valence-corrected chi connectivity index (χ2v) is 8.24. The lowest BCUT2D eigenvalue weighted by atomic mass is 10.1. The summed E-state index contributed by atoms with van der Waals surface area (Å²) in [5.74, 6) is -0.283. The fraction of sp³-hybridized carbons (Fsp3) is 0.438. The Morgan fingerprint density at radius 2 is 2.13 bits per heavy atom. The minimum absolute atomic E-state index is 0.246. The van der Waals surface area contributed by atoms with E-state index in [2.05, 4.69) is 12.2 Å². The lowest BCUT2D eigenvalue weighted by Crippen LogP contribution is -2.46. The van der Waals surface area contributed by atoms with Crippen LogP contribution >= 0.6 is 0 Å². The summed E-state index contributed by atoms with van der Waals surface area (Å²) in [6.07, 6.45) is 6.18.